The fraction of sp³-hybridized carbons (Fsp3) is 0.467. The minimum atomic E-state index is -4.75. The van der Waals surface area contributed by atoms with Crippen LogP contribution in [0.2, 0.25) is 0 Å². The average Bonchev–Trinajstić information content (AvgIpc) is 3.46. The summed E-state index contributed by atoms with van der Waals surface area (Å²) in [6.45, 7) is 1.18. The maximum absolute atomic E-state index is 13.4. The van der Waals surface area contributed by atoms with E-state index in [-0.39, 0.29) is 23.3 Å². The van der Waals surface area contributed by atoms with Crippen LogP contribution < -0.4 is 9.47 Å². The molecule has 4 aromatic rings. The van der Waals surface area contributed by atoms with Crippen molar-refractivity contribution in [1.82, 2.24) is 19.3 Å². The Kier molecular flexibility index (Phi) is 8.01. The van der Waals surface area contributed by atoms with Gasteiger partial charge >= 0.3 is 6.36 Å². The quantitative estimate of drug-likeness (QED) is 0.251. The molecule has 0 radical (unpaired) electrons. The molecule has 1 saturated heterocycles. The largest absolute Gasteiger partial charge is 0.573 e. The molecule has 12 heteroatoms. The summed E-state index contributed by atoms with van der Waals surface area (Å²) in [5.74, 6) is 0.727. The number of aromatic amines is 1. The molecular weight excluding hydrogens is 569 g/mol. The Balaban J connectivity index is 1.03. The van der Waals surface area contributed by atoms with Crippen molar-refractivity contribution in [2.24, 2.45) is 11.8 Å². The highest BCUT2D eigenvalue weighted by Gasteiger charge is 2.34. The summed E-state index contributed by atoms with van der Waals surface area (Å²) in [7, 11) is -3.43. The molecule has 2 aliphatic rings. The fourth-order valence-corrected chi connectivity index (χ4v) is 8.42. The molecule has 1 aliphatic heterocycles. The standard InChI is InChI=1S/C30H33F3N4O4S/c31-30(32,33)41-24-9-7-23(8-10-24)40-18-21-2-1-15-37(17-21)42(38,39)19-20-3-5-22(6-4-20)25-11-13-34-27-16-36-29-26(28(25)27)12-14-35-29/h7-14,16,20-22,34H,1-6,15,17-19H2. The van der Waals surface area contributed by atoms with E-state index in [1.165, 1.54) is 29.8 Å². The van der Waals surface area contributed by atoms with Crippen molar-refractivity contribution in [3.05, 3.63) is 60.6 Å². The number of hydrogen-bond donors (Lipinski definition) is 1. The SMILES string of the molecule is O=S(=O)(CC1CCC(c2cc[nH]c3cnc4nccc4c23)CC1)N1CCCC(COc2ccc(OC(F)(F)F)cc2)C1. The third-order valence-electron chi connectivity index (χ3n) is 8.47. The predicted octanol–water partition coefficient (Wildman–Crippen LogP) is 6.40. The molecule has 0 spiro atoms. The zero-order valence-corrected chi connectivity index (χ0v) is 23.8. The van der Waals surface area contributed by atoms with Gasteiger partial charge in [0.15, 0.2) is 5.65 Å². The Bertz CT molecular complexity index is 1630. The molecule has 8 nitrogen and oxygen atoms in total. The monoisotopic (exact) mass is 602 g/mol. The zero-order valence-electron chi connectivity index (χ0n) is 23.0. The second kappa shape index (κ2) is 11.7. The molecule has 3 aromatic heterocycles. The summed E-state index contributed by atoms with van der Waals surface area (Å²) in [5.41, 5.74) is 2.99. The summed E-state index contributed by atoms with van der Waals surface area (Å²) in [4.78, 5) is 12.1. The van der Waals surface area contributed by atoms with E-state index in [2.05, 4.69) is 25.8 Å². The summed E-state index contributed by atoms with van der Waals surface area (Å²) in [6.07, 6.45) is 5.95. The Labute approximate surface area is 242 Å². The molecule has 1 saturated carbocycles. The lowest BCUT2D eigenvalue weighted by Gasteiger charge is -2.34. The third-order valence-corrected chi connectivity index (χ3v) is 10.5. The minimum Gasteiger partial charge on any atom is -0.493 e. The summed E-state index contributed by atoms with van der Waals surface area (Å²) >= 11 is 0. The van der Waals surface area contributed by atoms with Crippen LogP contribution in [0.4, 0.5) is 13.2 Å². The van der Waals surface area contributed by atoms with Crippen molar-refractivity contribution < 1.29 is 31.1 Å². The smallest absolute Gasteiger partial charge is 0.493 e. The first-order chi connectivity index (χ1) is 20.1. The maximum atomic E-state index is 13.4. The Morgan fingerprint density at radius 3 is 2.48 bits per heavy atom. The number of pyridine rings is 2. The summed E-state index contributed by atoms with van der Waals surface area (Å²) in [6, 6.07) is 9.37. The highest BCUT2D eigenvalue weighted by molar-refractivity contribution is 7.89. The van der Waals surface area contributed by atoms with Gasteiger partial charge in [0.25, 0.3) is 0 Å². The lowest BCUT2D eigenvalue weighted by molar-refractivity contribution is -0.274. The molecular formula is C30H33F3N4O4S. The number of nitrogens with one attached hydrogen (secondary N) is 1. The number of nitrogens with zero attached hydrogens (tertiary/aromatic N) is 3. The van der Waals surface area contributed by atoms with Crippen LogP contribution in [-0.4, -0.2) is 59.5 Å². The van der Waals surface area contributed by atoms with Crippen LogP contribution >= 0.6 is 0 Å². The van der Waals surface area contributed by atoms with Crippen molar-refractivity contribution in [1.29, 1.82) is 0 Å². The molecule has 4 heterocycles. The second-order valence-electron chi connectivity index (χ2n) is 11.4. The van der Waals surface area contributed by atoms with E-state index in [0.29, 0.717) is 31.4 Å². The molecule has 1 aliphatic carbocycles. The van der Waals surface area contributed by atoms with Crippen molar-refractivity contribution >= 4 is 32.0 Å². The molecule has 1 atom stereocenters. The number of rotatable bonds is 8. The van der Waals surface area contributed by atoms with Crippen LogP contribution in [0.5, 0.6) is 11.5 Å². The molecule has 1 N–H and O–H groups in total. The van der Waals surface area contributed by atoms with Gasteiger partial charge in [-0.15, -0.1) is 13.2 Å². The normalized spacial score (nSPS) is 22.4. The van der Waals surface area contributed by atoms with Crippen LogP contribution in [0.25, 0.3) is 21.9 Å². The van der Waals surface area contributed by atoms with E-state index >= 15 is 0 Å². The molecule has 42 heavy (non-hydrogen) atoms. The number of benzene rings is 1. The maximum Gasteiger partial charge on any atom is 0.573 e. The highest BCUT2D eigenvalue weighted by atomic mass is 32.2. The van der Waals surface area contributed by atoms with Crippen LogP contribution in [0.3, 0.4) is 0 Å². The molecule has 2 fully saturated rings. The van der Waals surface area contributed by atoms with E-state index in [0.717, 1.165) is 60.5 Å². The van der Waals surface area contributed by atoms with E-state index in [9.17, 15) is 21.6 Å². The number of ether oxygens (including phenoxy) is 2. The number of hydrogen-bond acceptors (Lipinski definition) is 6. The van der Waals surface area contributed by atoms with Crippen LogP contribution in [0, 0.1) is 11.8 Å². The average molecular weight is 603 g/mol. The number of alkyl halides is 3. The highest BCUT2D eigenvalue weighted by Crippen LogP contribution is 2.40. The Hall–Kier alpha value is -3.38. The van der Waals surface area contributed by atoms with Crippen LogP contribution in [0.1, 0.15) is 50.0 Å². The number of aromatic nitrogens is 3. The van der Waals surface area contributed by atoms with Gasteiger partial charge in [-0.1, -0.05) is 0 Å². The first-order valence-electron chi connectivity index (χ1n) is 14.3. The number of halogens is 3. The van der Waals surface area contributed by atoms with E-state index in [4.69, 9.17) is 4.74 Å². The van der Waals surface area contributed by atoms with E-state index < -0.39 is 16.4 Å². The second-order valence-corrected chi connectivity index (χ2v) is 13.4. The van der Waals surface area contributed by atoms with Gasteiger partial charge in [0.1, 0.15) is 11.5 Å². The van der Waals surface area contributed by atoms with Crippen molar-refractivity contribution in [3.63, 3.8) is 0 Å². The number of H-pyrrole nitrogens is 1. The first kappa shape index (κ1) is 28.7. The van der Waals surface area contributed by atoms with Crippen LogP contribution in [-0.2, 0) is 10.0 Å². The Morgan fingerprint density at radius 1 is 0.952 bits per heavy atom. The van der Waals surface area contributed by atoms with Gasteiger partial charge in [-0.3, -0.25) is 0 Å². The number of fused-ring (bicyclic) bond motifs is 3. The van der Waals surface area contributed by atoms with E-state index in [1.807, 2.05) is 18.5 Å². The van der Waals surface area contributed by atoms with Gasteiger partial charge < -0.3 is 14.5 Å². The van der Waals surface area contributed by atoms with Gasteiger partial charge in [-0.05, 0) is 92.3 Å². The van der Waals surface area contributed by atoms with Crippen molar-refractivity contribution in [2.75, 3.05) is 25.4 Å². The molecule has 0 bridgehead atoms. The van der Waals surface area contributed by atoms with Gasteiger partial charge in [-0.25, -0.2) is 22.7 Å². The number of piperidine rings is 1. The lowest BCUT2D eigenvalue weighted by atomic mass is 9.78. The van der Waals surface area contributed by atoms with Gasteiger partial charge in [-0.2, -0.15) is 0 Å². The van der Waals surface area contributed by atoms with Crippen molar-refractivity contribution in [3.8, 4) is 11.5 Å². The van der Waals surface area contributed by atoms with Gasteiger partial charge in [0.05, 0.1) is 24.1 Å². The predicted molar refractivity (Wildman–Crippen MR) is 153 cm³/mol. The number of sulfonamides is 1. The zero-order chi connectivity index (χ0) is 29.3. The van der Waals surface area contributed by atoms with E-state index in [1.54, 1.807) is 10.5 Å². The fourth-order valence-electron chi connectivity index (χ4n) is 6.44. The first-order valence-corrected chi connectivity index (χ1v) is 15.9. The summed E-state index contributed by atoms with van der Waals surface area (Å²) < 4.78 is 75.3. The van der Waals surface area contributed by atoms with Gasteiger partial charge in [0.2, 0.25) is 10.0 Å². The third kappa shape index (κ3) is 6.49. The topological polar surface area (TPSA) is 97.4 Å². The lowest BCUT2D eigenvalue weighted by Crippen LogP contribution is -2.43. The van der Waals surface area contributed by atoms with Crippen molar-refractivity contribution in [2.45, 2.75) is 50.8 Å². The van der Waals surface area contributed by atoms with Gasteiger partial charge in [0, 0.05) is 42.2 Å². The molecule has 1 aromatic carbocycles. The summed E-state index contributed by atoms with van der Waals surface area (Å²) in [5, 5.41) is 2.20. The molecule has 0 amide bonds. The molecule has 1 unspecified atom stereocenters. The Morgan fingerprint density at radius 2 is 1.71 bits per heavy atom. The molecule has 224 valence electrons. The minimum absolute atomic E-state index is 0.00975. The molecule has 6 rings (SSSR count). The van der Waals surface area contributed by atoms with Crippen LogP contribution in [0.15, 0.2) is 55.0 Å².